The lowest BCUT2D eigenvalue weighted by molar-refractivity contribution is -0.0349. The van der Waals surface area contributed by atoms with Gasteiger partial charge in [0.15, 0.2) is 0 Å². The molecule has 1 unspecified atom stereocenters. The Morgan fingerprint density at radius 1 is 1.09 bits per heavy atom. The third-order valence-corrected chi connectivity index (χ3v) is 8.10. The normalized spacial score (nSPS) is 26.6. The lowest BCUT2D eigenvalue weighted by atomic mass is 9.85. The maximum atomic E-state index is 13.0. The van der Waals surface area contributed by atoms with Gasteiger partial charge in [-0.25, -0.2) is 4.79 Å². The van der Waals surface area contributed by atoms with E-state index in [1.807, 2.05) is 24.3 Å². The predicted octanol–water partition coefficient (Wildman–Crippen LogP) is 5.47. The quantitative estimate of drug-likeness (QED) is 0.610. The Balaban J connectivity index is 1.40. The fraction of sp³-hybridized carbons (Fsp3) is 0.519. The average Bonchev–Trinajstić information content (AvgIpc) is 3.07. The van der Waals surface area contributed by atoms with E-state index in [-0.39, 0.29) is 23.7 Å². The van der Waals surface area contributed by atoms with Gasteiger partial charge < -0.3 is 19.5 Å². The summed E-state index contributed by atoms with van der Waals surface area (Å²) in [7, 11) is 3.28. The Morgan fingerprint density at radius 2 is 1.85 bits per heavy atom. The van der Waals surface area contributed by atoms with Crippen molar-refractivity contribution in [2.75, 3.05) is 33.9 Å². The number of halogens is 1. The van der Waals surface area contributed by atoms with E-state index in [0.29, 0.717) is 16.7 Å². The fourth-order valence-electron chi connectivity index (χ4n) is 5.90. The van der Waals surface area contributed by atoms with Crippen LogP contribution in [0.5, 0.6) is 11.5 Å². The molecule has 0 radical (unpaired) electrons. The lowest BCUT2D eigenvalue weighted by Crippen LogP contribution is -2.53. The third-order valence-electron chi connectivity index (χ3n) is 7.78. The second-order valence-electron chi connectivity index (χ2n) is 10.4. The first-order chi connectivity index (χ1) is 16.3. The first-order valence-corrected chi connectivity index (χ1v) is 12.4. The molecule has 6 rings (SSSR count). The van der Waals surface area contributed by atoms with Gasteiger partial charge in [0.2, 0.25) is 0 Å². The van der Waals surface area contributed by atoms with Crippen LogP contribution in [0, 0.1) is 11.3 Å². The van der Waals surface area contributed by atoms with Crippen molar-refractivity contribution in [1.82, 2.24) is 10.2 Å². The molecule has 0 saturated carbocycles. The van der Waals surface area contributed by atoms with Crippen LogP contribution >= 0.6 is 11.6 Å². The Labute approximate surface area is 206 Å². The molecule has 4 aliphatic rings. The number of ether oxygens (including phenoxy) is 3. The zero-order valence-electron chi connectivity index (χ0n) is 20.3. The van der Waals surface area contributed by atoms with Gasteiger partial charge in [0.05, 0.1) is 25.3 Å². The van der Waals surface area contributed by atoms with E-state index in [2.05, 4.69) is 30.1 Å². The number of nitrogens with zero attached hydrogens (tertiary/aromatic N) is 1. The lowest BCUT2D eigenvalue weighted by Gasteiger charge is -2.44. The summed E-state index contributed by atoms with van der Waals surface area (Å²) in [6.45, 7) is 7.45. The Hall–Kier alpha value is -2.44. The van der Waals surface area contributed by atoms with Crippen molar-refractivity contribution in [2.24, 2.45) is 11.3 Å². The summed E-state index contributed by atoms with van der Waals surface area (Å²) in [4.78, 5) is 15.4. The minimum atomic E-state index is -0.328. The largest absolute Gasteiger partial charge is 0.497 e. The van der Waals surface area contributed by atoms with Crippen LogP contribution in [0.15, 0.2) is 30.3 Å². The summed E-state index contributed by atoms with van der Waals surface area (Å²) >= 11 is 6.58. The number of hydrogen-bond donors (Lipinski definition) is 1. The summed E-state index contributed by atoms with van der Waals surface area (Å²) in [5.74, 6) is 1.92. The van der Waals surface area contributed by atoms with Gasteiger partial charge in [-0.1, -0.05) is 25.4 Å². The van der Waals surface area contributed by atoms with Crippen LogP contribution in [-0.4, -0.2) is 51.0 Å². The molecular weight excluding hydrogens is 452 g/mol. The second-order valence-corrected chi connectivity index (χ2v) is 10.8. The molecular formula is C27H33ClN2O4. The van der Waals surface area contributed by atoms with Gasteiger partial charge in [-0.2, -0.15) is 0 Å². The van der Waals surface area contributed by atoms with Crippen LogP contribution in [0.2, 0.25) is 5.02 Å². The van der Waals surface area contributed by atoms with Crippen LogP contribution in [0.1, 0.15) is 43.9 Å². The van der Waals surface area contributed by atoms with E-state index < -0.39 is 0 Å². The monoisotopic (exact) mass is 484 g/mol. The molecule has 2 atom stereocenters. The molecule has 1 aliphatic carbocycles. The van der Waals surface area contributed by atoms with E-state index in [0.717, 1.165) is 61.3 Å². The van der Waals surface area contributed by atoms with E-state index in [4.69, 9.17) is 25.8 Å². The van der Waals surface area contributed by atoms with Crippen molar-refractivity contribution in [3.63, 3.8) is 0 Å². The molecule has 3 heterocycles. The zero-order valence-corrected chi connectivity index (χ0v) is 21.1. The minimum absolute atomic E-state index is 0.0133. The molecule has 3 fully saturated rings. The SMILES string of the molecule is COc1ccc(-c2cc3c(cc2OC)C(NC(=O)O[C@@H]2CN4CCC2CC4)C(C)(C)C3)c(Cl)c1. The fourth-order valence-corrected chi connectivity index (χ4v) is 6.18. The molecule has 2 bridgehead atoms. The molecule has 0 aromatic heterocycles. The van der Waals surface area contributed by atoms with Gasteiger partial charge in [-0.05, 0) is 85.1 Å². The van der Waals surface area contributed by atoms with E-state index in [1.165, 1.54) is 5.56 Å². The Bertz CT molecular complexity index is 1090. The van der Waals surface area contributed by atoms with Crippen molar-refractivity contribution >= 4 is 17.7 Å². The van der Waals surface area contributed by atoms with Gasteiger partial charge in [0.25, 0.3) is 0 Å². The van der Waals surface area contributed by atoms with Crippen molar-refractivity contribution in [2.45, 2.75) is 45.3 Å². The Kier molecular flexibility index (Phi) is 6.15. The molecule has 182 valence electrons. The van der Waals surface area contributed by atoms with Gasteiger partial charge in [0.1, 0.15) is 17.6 Å². The van der Waals surface area contributed by atoms with Crippen molar-refractivity contribution in [3.8, 4) is 22.6 Å². The van der Waals surface area contributed by atoms with Crippen molar-refractivity contribution in [1.29, 1.82) is 0 Å². The minimum Gasteiger partial charge on any atom is -0.497 e. The maximum Gasteiger partial charge on any atom is 0.407 e. The van der Waals surface area contributed by atoms with Gasteiger partial charge in [-0.3, -0.25) is 4.90 Å². The number of piperidine rings is 3. The summed E-state index contributed by atoms with van der Waals surface area (Å²) in [6.07, 6.45) is 2.72. The molecule has 1 N–H and O–H groups in total. The first kappa shape index (κ1) is 23.3. The topological polar surface area (TPSA) is 60.0 Å². The number of hydrogen-bond acceptors (Lipinski definition) is 5. The van der Waals surface area contributed by atoms with Crippen LogP contribution in [0.25, 0.3) is 11.1 Å². The number of nitrogens with one attached hydrogen (secondary N) is 1. The number of fused-ring (bicyclic) bond motifs is 4. The Morgan fingerprint density at radius 3 is 2.47 bits per heavy atom. The molecule has 1 amide bonds. The van der Waals surface area contributed by atoms with Gasteiger partial charge >= 0.3 is 6.09 Å². The van der Waals surface area contributed by atoms with Gasteiger partial charge in [-0.15, -0.1) is 0 Å². The summed E-state index contributed by atoms with van der Waals surface area (Å²) in [5, 5.41) is 3.79. The summed E-state index contributed by atoms with van der Waals surface area (Å²) in [5.41, 5.74) is 3.91. The molecule has 0 spiro atoms. The number of carbonyl (C=O) groups is 1. The number of alkyl carbamates (subject to hydrolysis) is 1. The molecule has 2 aromatic rings. The van der Waals surface area contributed by atoms with Crippen LogP contribution in [0.3, 0.4) is 0 Å². The highest BCUT2D eigenvalue weighted by Crippen LogP contribution is 2.49. The molecule has 34 heavy (non-hydrogen) atoms. The summed E-state index contributed by atoms with van der Waals surface area (Å²) in [6, 6.07) is 9.68. The van der Waals surface area contributed by atoms with Crippen molar-refractivity contribution < 1.29 is 19.0 Å². The smallest absolute Gasteiger partial charge is 0.407 e. The highest BCUT2D eigenvalue weighted by molar-refractivity contribution is 6.33. The second kappa shape index (κ2) is 8.97. The van der Waals surface area contributed by atoms with E-state index in [9.17, 15) is 4.79 Å². The highest BCUT2D eigenvalue weighted by atomic mass is 35.5. The molecule has 3 aliphatic heterocycles. The number of rotatable bonds is 5. The van der Waals surface area contributed by atoms with Crippen LogP contribution in [-0.2, 0) is 11.2 Å². The standard InChI is InChI=1S/C27H33ClN2O4/c1-27(2)14-17-11-21(19-6-5-18(32-3)12-22(19)28)23(33-4)13-20(17)25(27)29-26(31)34-24-15-30-9-7-16(24)8-10-30/h5-6,11-13,16,24-25H,7-10,14-15H2,1-4H3,(H,29,31)/t24-,25?/m1/s1. The number of amides is 1. The zero-order chi connectivity index (χ0) is 24.0. The highest BCUT2D eigenvalue weighted by Gasteiger charge is 2.42. The molecule has 6 nitrogen and oxygen atoms in total. The number of methoxy groups -OCH3 is 2. The van der Waals surface area contributed by atoms with Crippen LogP contribution < -0.4 is 14.8 Å². The van der Waals surface area contributed by atoms with E-state index in [1.54, 1.807) is 14.2 Å². The summed E-state index contributed by atoms with van der Waals surface area (Å²) < 4.78 is 17.0. The number of benzene rings is 2. The van der Waals surface area contributed by atoms with Crippen molar-refractivity contribution in [3.05, 3.63) is 46.5 Å². The van der Waals surface area contributed by atoms with Gasteiger partial charge in [0, 0.05) is 17.7 Å². The number of carbonyl (C=O) groups excluding carboxylic acids is 1. The maximum absolute atomic E-state index is 13.0. The third kappa shape index (κ3) is 4.22. The average molecular weight is 485 g/mol. The predicted molar refractivity (Wildman–Crippen MR) is 133 cm³/mol. The first-order valence-electron chi connectivity index (χ1n) is 12.0. The van der Waals surface area contributed by atoms with E-state index >= 15 is 0 Å². The van der Waals surface area contributed by atoms with Crippen LogP contribution in [0.4, 0.5) is 4.79 Å². The molecule has 2 aromatic carbocycles. The molecule has 3 saturated heterocycles. The molecule has 7 heteroatoms.